The predicted octanol–water partition coefficient (Wildman–Crippen LogP) is 4.15. The molecule has 2 aliphatic heterocycles. The monoisotopic (exact) mass is 516 g/mol. The van der Waals surface area contributed by atoms with Crippen molar-refractivity contribution in [1.29, 1.82) is 5.41 Å². The molecule has 1 aromatic carbocycles. The third kappa shape index (κ3) is 5.92. The summed E-state index contributed by atoms with van der Waals surface area (Å²) in [5, 5.41) is 21.1. The number of aliphatic hydroxyl groups excluding tert-OH is 1. The molecule has 0 atom stereocenters. The highest BCUT2D eigenvalue weighted by Crippen LogP contribution is 2.40. The zero-order chi connectivity index (χ0) is 26.0. The van der Waals surface area contributed by atoms with Gasteiger partial charge in [0, 0.05) is 34.0 Å². The fraction of sp³-hybridized carbons (Fsp3) is 0.577. The molecule has 4 rings (SSSR count). The summed E-state index contributed by atoms with van der Waals surface area (Å²) in [6.45, 7) is 12.6. The molecule has 1 aromatic heterocycles. The van der Waals surface area contributed by atoms with Crippen LogP contribution in [0.25, 0.3) is 11.4 Å². The number of amidine groups is 2. The Morgan fingerprint density at radius 1 is 1.33 bits per heavy atom. The first-order valence-corrected chi connectivity index (χ1v) is 13.4. The van der Waals surface area contributed by atoms with Crippen molar-refractivity contribution in [3.8, 4) is 17.1 Å². The Balaban J connectivity index is 1.61. The number of likely N-dealkylation sites (tertiary alicyclic amines) is 1. The molecule has 0 spiro atoms. The molecule has 0 saturated carbocycles. The molecule has 0 amide bonds. The van der Waals surface area contributed by atoms with Gasteiger partial charge in [0.25, 0.3) is 0 Å². The van der Waals surface area contributed by atoms with E-state index in [1.807, 2.05) is 30.7 Å². The second-order valence-corrected chi connectivity index (χ2v) is 11.7. The Hall–Kier alpha value is -2.43. The number of imidazole rings is 1. The summed E-state index contributed by atoms with van der Waals surface area (Å²) in [5.41, 5.74) is 1.17. The van der Waals surface area contributed by atoms with Crippen molar-refractivity contribution in [2.45, 2.75) is 75.7 Å². The number of aliphatic hydroxyl groups is 1. The van der Waals surface area contributed by atoms with Crippen LogP contribution in [0.5, 0.6) is 5.75 Å². The molecule has 0 radical (unpaired) electrons. The Bertz CT molecular complexity index is 1140. The van der Waals surface area contributed by atoms with Gasteiger partial charge in [0.2, 0.25) is 0 Å². The summed E-state index contributed by atoms with van der Waals surface area (Å²) >= 11 is 1.57. The van der Waals surface area contributed by atoms with E-state index in [9.17, 15) is 5.11 Å². The third-order valence-electron chi connectivity index (χ3n) is 6.57. The van der Waals surface area contributed by atoms with Gasteiger partial charge in [-0.15, -0.1) is 11.8 Å². The topological polar surface area (TPSA) is 98.8 Å². The number of hydrogen-bond donors (Lipinski definition) is 3. The highest BCUT2D eigenvalue weighted by Gasteiger charge is 2.31. The van der Waals surface area contributed by atoms with Crippen LogP contribution in [-0.4, -0.2) is 74.4 Å². The molecule has 3 N–H and O–H groups in total. The lowest BCUT2D eigenvalue weighted by atomic mass is 9.99. The first-order valence-electron chi connectivity index (χ1n) is 12.5. The second-order valence-electron chi connectivity index (χ2n) is 10.4. The summed E-state index contributed by atoms with van der Waals surface area (Å²) in [5.74, 6) is 1.67. The van der Waals surface area contributed by atoms with Crippen LogP contribution in [0, 0.1) is 11.2 Å². The number of hydrogen-bond acceptors (Lipinski definition) is 6. The van der Waals surface area contributed by atoms with Crippen LogP contribution in [0.4, 0.5) is 4.39 Å². The van der Waals surface area contributed by atoms with Crippen molar-refractivity contribution >= 4 is 23.4 Å². The number of halogens is 1. The number of benzene rings is 1. The maximum atomic E-state index is 15.2. The molecule has 0 bridgehead atoms. The quantitative estimate of drug-likeness (QED) is 0.394. The van der Waals surface area contributed by atoms with Crippen LogP contribution in [0.2, 0.25) is 0 Å². The number of fused-ring (bicyclic) bond motifs is 3. The van der Waals surface area contributed by atoms with Gasteiger partial charge in [0.05, 0.1) is 18.7 Å². The smallest absolute Gasteiger partial charge is 0.155 e. The molecule has 0 aliphatic carbocycles. The summed E-state index contributed by atoms with van der Waals surface area (Å²) in [7, 11) is 0. The van der Waals surface area contributed by atoms with Gasteiger partial charge in [0.1, 0.15) is 35.5 Å². The highest BCUT2D eigenvalue weighted by molar-refractivity contribution is 8.00. The van der Waals surface area contributed by atoms with Gasteiger partial charge in [-0.2, -0.15) is 0 Å². The normalized spacial score (nSPS) is 17.4. The first kappa shape index (κ1) is 26.6. The fourth-order valence-corrected chi connectivity index (χ4v) is 5.72. The maximum absolute atomic E-state index is 15.2. The maximum Gasteiger partial charge on any atom is 0.155 e. The SMILES string of the molecule is CC(=N)/N=C(\NC(C)C)c1cn2c(n1)-c1cc(SC3CCN(C(C)(C)CO)CC3)c(F)cc1OCC2. The fourth-order valence-electron chi connectivity index (χ4n) is 4.55. The number of thioether (sulfide) groups is 1. The van der Waals surface area contributed by atoms with E-state index >= 15 is 4.39 Å². The van der Waals surface area contributed by atoms with Crippen LogP contribution >= 0.6 is 11.8 Å². The van der Waals surface area contributed by atoms with Crippen LogP contribution in [-0.2, 0) is 6.54 Å². The van der Waals surface area contributed by atoms with Gasteiger partial charge < -0.3 is 19.7 Å². The minimum Gasteiger partial charge on any atom is -0.491 e. The van der Waals surface area contributed by atoms with E-state index in [-0.39, 0.29) is 29.8 Å². The Kier molecular flexibility index (Phi) is 8.06. The lowest BCUT2D eigenvalue weighted by Crippen LogP contribution is -2.50. The molecule has 36 heavy (non-hydrogen) atoms. The number of aliphatic imine (C=N–C) groups is 1. The van der Waals surface area contributed by atoms with E-state index in [1.165, 1.54) is 6.07 Å². The molecule has 8 nitrogen and oxygen atoms in total. The summed E-state index contributed by atoms with van der Waals surface area (Å²) in [6.07, 6.45) is 3.78. The van der Waals surface area contributed by atoms with Crippen LogP contribution in [0.15, 0.2) is 28.2 Å². The number of piperidine rings is 1. The Morgan fingerprint density at radius 2 is 2.06 bits per heavy atom. The molecule has 3 heterocycles. The van der Waals surface area contributed by atoms with Crippen molar-refractivity contribution in [3.63, 3.8) is 0 Å². The third-order valence-corrected chi connectivity index (χ3v) is 7.94. The number of rotatable bonds is 6. The largest absolute Gasteiger partial charge is 0.491 e. The van der Waals surface area contributed by atoms with E-state index in [0.29, 0.717) is 46.4 Å². The molecule has 1 saturated heterocycles. The molecule has 10 heteroatoms. The van der Waals surface area contributed by atoms with E-state index in [0.717, 1.165) is 31.5 Å². The standard InChI is InChI=1S/C26H37FN6O2S/c1-16(2)29-24(30-17(3)28)21-14-32-10-11-35-22-13-20(27)23(12-19(22)25(32)31-21)36-18-6-8-33(9-7-18)26(4,5)15-34/h12-14,16,18,34H,6-11,15H2,1-5H3,(H2,28,29,30). The lowest BCUT2D eigenvalue weighted by molar-refractivity contribution is 0.0437. The van der Waals surface area contributed by atoms with Gasteiger partial charge >= 0.3 is 0 Å². The summed E-state index contributed by atoms with van der Waals surface area (Å²) in [6, 6.07) is 3.48. The molecular formula is C26H37FN6O2S. The number of nitrogens with zero attached hydrogens (tertiary/aromatic N) is 4. The van der Waals surface area contributed by atoms with Gasteiger partial charge in [-0.1, -0.05) is 0 Å². The van der Waals surface area contributed by atoms with Crippen molar-refractivity contribution in [2.75, 3.05) is 26.3 Å². The van der Waals surface area contributed by atoms with Gasteiger partial charge in [-0.05, 0) is 66.6 Å². The van der Waals surface area contributed by atoms with Crippen molar-refractivity contribution in [1.82, 2.24) is 19.8 Å². The Labute approximate surface area is 216 Å². The molecule has 0 unspecified atom stereocenters. The van der Waals surface area contributed by atoms with Gasteiger partial charge in [-0.3, -0.25) is 10.3 Å². The Morgan fingerprint density at radius 3 is 2.69 bits per heavy atom. The molecule has 196 valence electrons. The molecular weight excluding hydrogens is 479 g/mol. The van der Waals surface area contributed by atoms with Crippen molar-refractivity contribution in [3.05, 3.63) is 29.8 Å². The molecule has 1 fully saturated rings. The van der Waals surface area contributed by atoms with Gasteiger partial charge in [-0.25, -0.2) is 14.4 Å². The van der Waals surface area contributed by atoms with Crippen LogP contribution < -0.4 is 10.1 Å². The zero-order valence-electron chi connectivity index (χ0n) is 21.8. The zero-order valence-corrected chi connectivity index (χ0v) is 22.6. The number of ether oxygens (including phenoxy) is 1. The van der Waals surface area contributed by atoms with Crippen molar-refractivity contribution in [2.24, 2.45) is 4.99 Å². The van der Waals surface area contributed by atoms with E-state index in [4.69, 9.17) is 15.1 Å². The average molecular weight is 517 g/mol. The molecule has 2 aromatic rings. The van der Waals surface area contributed by atoms with E-state index in [1.54, 1.807) is 18.7 Å². The second kappa shape index (κ2) is 10.9. The first-order chi connectivity index (χ1) is 17.1. The van der Waals surface area contributed by atoms with Crippen molar-refractivity contribution < 1.29 is 14.2 Å². The number of aromatic nitrogens is 2. The van der Waals surface area contributed by atoms with E-state index in [2.05, 4.69) is 29.1 Å². The van der Waals surface area contributed by atoms with Gasteiger partial charge in [0.15, 0.2) is 5.84 Å². The molecule has 2 aliphatic rings. The predicted molar refractivity (Wildman–Crippen MR) is 143 cm³/mol. The highest BCUT2D eigenvalue weighted by atomic mass is 32.2. The summed E-state index contributed by atoms with van der Waals surface area (Å²) < 4.78 is 23.1. The summed E-state index contributed by atoms with van der Waals surface area (Å²) in [4.78, 5) is 12.1. The lowest BCUT2D eigenvalue weighted by Gasteiger charge is -2.41. The van der Waals surface area contributed by atoms with Crippen LogP contribution in [0.3, 0.4) is 0 Å². The average Bonchev–Trinajstić information content (AvgIpc) is 3.17. The van der Waals surface area contributed by atoms with Crippen LogP contribution in [0.1, 0.15) is 53.2 Å². The number of nitrogens with one attached hydrogen (secondary N) is 2. The minimum atomic E-state index is -0.278. The minimum absolute atomic E-state index is 0.122. The van der Waals surface area contributed by atoms with E-state index < -0.39 is 0 Å².